The highest BCUT2D eigenvalue weighted by molar-refractivity contribution is 7.90. The Hall–Kier alpha value is -1.49. The maximum Gasteiger partial charge on any atom is 0.243 e. The highest BCUT2D eigenvalue weighted by Gasteiger charge is 2.40. The maximum absolute atomic E-state index is 13.6. The molecule has 0 atom stereocenters. The van der Waals surface area contributed by atoms with Gasteiger partial charge in [0.1, 0.15) is 0 Å². The summed E-state index contributed by atoms with van der Waals surface area (Å²) in [6, 6.07) is 5.90. The van der Waals surface area contributed by atoms with Crippen LogP contribution in [0.5, 0.6) is 0 Å². The molecule has 0 spiro atoms. The van der Waals surface area contributed by atoms with Crippen LogP contribution in [0.3, 0.4) is 0 Å². The Morgan fingerprint density at radius 2 is 1.43 bits per heavy atom. The second-order valence-electron chi connectivity index (χ2n) is 10.7. The van der Waals surface area contributed by atoms with Gasteiger partial charge in [-0.25, -0.2) is 16.8 Å². The van der Waals surface area contributed by atoms with Crippen LogP contribution in [0.1, 0.15) is 52.4 Å². The van der Waals surface area contributed by atoms with E-state index in [1.165, 1.54) is 24.3 Å². The number of nitrogens with zero attached hydrogens (tertiary/aromatic N) is 3. The van der Waals surface area contributed by atoms with Gasteiger partial charge in [-0.2, -0.15) is 4.31 Å². The van der Waals surface area contributed by atoms with Gasteiger partial charge in [-0.15, -0.1) is 0 Å². The Labute approximate surface area is 210 Å². The molecule has 35 heavy (non-hydrogen) atoms. The molecule has 1 saturated heterocycles. The summed E-state index contributed by atoms with van der Waals surface area (Å²) in [5, 5.41) is 0. The van der Waals surface area contributed by atoms with Crippen LogP contribution in [0.15, 0.2) is 34.1 Å². The minimum atomic E-state index is -3.75. The number of sulfonamides is 1. The van der Waals surface area contributed by atoms with Gasteiger partial charge in [-0.1, -0.05) is 0 Å². The van der Waals surface area contributed by atoms with Crippen LogP contribution in [0.25, 0.3) is 0 Å². The zero-order valence-corrected chi connectivity index (χ0v) is 22.7. The molecule has 196 valence electrons. The van der Waals surface area contributed by atoms with E-state index < -0.39 is 19.9 Å². The van der Waals surface area contributed by atoms with E-state index in [1.807, 2.05) is 4.90 Å². The monoisotopic (exact) mass is 525 g/mol. The first-order valence-corrected chi connectivity index (χ1v) is 16.1. The third kappa shape index (κ3) is 6.26. The van der Waals surface area contributed by atoms with Crippen molar-refractivity contribution in [2.75, 3.05) is 39.0 Å². The van der Waals surface area contributed by atoms with E-state index in [0.717, 1.165) is 45.3 Å². The molecular weight excluding hydrogens is 486 g/mol. The largest absolute Gasteiger partial charge is 0.340 e. The number of hydrogen-bond acceptors (Lipinski definition) is 6. The standard InChI is InChI=1S/C25H39N3O5S2/c1-19(2)26-14-16-27(17-15-26)25(29)21-6-8-22(9-7-21)28(18-20-4-5-20)35(32,33)24-12-10-23(11-13-24)34(3,30)31/h10-13,19-22H,4-9,14-18H2,1-3H3. The molecule has 0 bridgehead atoms. The van der Waals surface area contributed by atoms with Crippen molar-refractivity contribution in [1.82, 2.24) is 14.1 Å². The van der Waals surface area contributed by atoms with Gasteiger partial charge in [-0.3, -0.25) is 9.69 Å². The summed E-state index contributed by atoms with van der Waals surface area (Å²) < 4.78 is 52.4. The molecule has 1 heterocycles. The average Bonchev–Trinajstić information content (AvgIpc) is 3.66. The molecule has 8 nitrogen and oxygen atoms in total. The van der Waals surface area contributed by atoms with Gasteiger partial charge in [0, 0.05) is 57.0 Å². The van der Waals surface area contributed by atoms with Crippen molar-refractivity contribution in [2.45, 2.75) is 74.2 Å². The summed E-state index contributed by atoms with van der Waals surface area (Å²) in [6.07, 6.45) is 5.95. The molecule has 10 heteroatoms. The number of hydrogen-bond donors (Lipinski definition) is 0. The molecule has 0 N–H and O–H groups in total. The Bertz CT molecular complexity index is 1100. The number of carbonyl (C=O) groups excluding carboxylic acids is 1. The first kappa shape index (κ1) is 26.6. The Morgan fingerprint density at radius 1 is 0.886 bits per heavy atom. The molecule has 0 unspecified atom stereocenters. The van der Waals surface area contributed by atoms with Gasteiger partial charge < -0.3 is 4.90 Å². The van der Waals surface area contributed by atoms with E-state index in [4.69, 9.17) is 0 Å². The van der Waals surface area contributed by atoms with E-state index in [-0.39, 0.29) is 27.7 Å². The van der Waals surface area contributed by atoms with Gasteiger partial charge >= 0.3 is 0 Å². The second kappa shape index (κ2) is 10.5. The summed E-state index contributed by atoms with van der Waals surface area (Å²) in [7, 11) is -7.15. The van der Waals surface area contributed by atoms with E-state index in [9.17, 15) is 21.6 Å². The van der Waals surface area contributed by atoms with Crippen LogP contribution >= 0.6 is 0 Å². The van der Waals surface area contributed by atoms with E-state index in [0.29, 0.717) is 44.2 Å². The van der Waals surface area contributed by atoms with Crippen molar-refractivity contribution >= 4 is 25.8 Å². The maximum atomic E-state index is 13.6. The first-order chi connectivity index (χ1) is 16.5. The van der Waals surface area contributed by atoms with Gasteiger partial charge in [0.2, 0.25) is 15.9 Å². The van der Waals surface area contributed by atoms with Crippen LogP contribution in [-0.4, -0.2) is 87.9 Å². The number of piperazine rings is 1. The summed E-state index contributed by atoms with van der Waals surface area (Å²) in [6.45, 7) is 8.21. The smallest absolute Gasteiger partial charge is 0.243 e. The van der Waals surface area contributed by atoms with Crippen molar-refractivity contribution < 1.29 is 21.6 Å². The molecule has 3 aliphatic rings. The number of benzene rings is 1. The second-order valence-corrected chi connectivity index (χ2v) is 14.6. The fourth-order valence-corrected chi connectivity index (χ4v) is 7.71. The lowest BCUT2D eigenvalue weighted by Crippen LogP contribution is -2.52. The van der Waals surface area contributed by atoms with E-state index in [1.54, 1.807) is 4.31 Å². The predicted molar refractivity (Wildman–Crippen MR) is 135 cm³/mol. The molecular formula is C25H39N3O5S2. The van der Waals surface area contributed by atoms with Gasteiger partial charge in [0.05, 0.1) is 9.79 Å². The third-order valence-corrected chi connectivity index (χ3v) is 10.9. The fourth-order valence-electron chi connectivity index (χ4n) is 5.32. The van der Waals surface area contributed by atoms with Crippen molar-refractivity contribution in [3.05, 3.63) is 24.3 Å². The fraction of sp³-hybridized carbons (Fsp3) is 0.720. The van der Waals surface area contributed by atoms with Gasteiger partial charge in [0.15, 0.2) is 9.84 Å². The van der Waals surface area contributed by atoms with Crippen molar-refractivity contribution in [3.63, 3.8) is 0 Å². The summed E-state index contributed by atoms with van der Waals surface area (Å²) in [4.78, 5) is 17.8. The highest BCUT2D eigenvalue weighted by Crippen LogP contribution is 2.37. The molecule has 1 aromatic rings. The quantitative estimate of drug-likeness (QED) is 0.518. The lowest BCUT2D eigenvalue weighted by molar-refractivity contribution is -0.138. The van der Waals surface area contributed by atoms with Gasteiger partial charge in [0.25, 0.3) is 0 Å². The molecule has 2 aliphatic carbocycles. The predicted octanol–water partition coefficient (Wildman–Crippen LogP) is 2.60. The third-order valence-electron chi connectivity index (χ3n) is 7.80. The van der Waals surface area contributed by atoms with Crippen LogP contribution in [0, 0.1) is 11.8 Å². The molecule has 1 aromatic carbocycles. The van der Waals surface area contributed by atoms with Crippen LogP contribution < -0.4 is 0 Å². The lowest BCUT2D eigenvalue weighted by Gasteiger charge is -2.40. The molecule has 3 fully saturated rings. The average molecular weight is 526 g/mol. The van der Waals surface area contributed by atoms with Crippen molar-refractivity contribution in [2.24, 2.45) is 11.8 Å². The minimum Gasteiger partial charge on any atom is -0.340 e. The Morgan fingerprint density at radius 3 is 1.91 bits per heavy atom. The molecule has 0 aromatic heterocycles. The van der Waals surface area contributed by atoms with Crippen molar-refractivity contribution in [1.29, 1.82) is 0 Å². The van der Waals surface area contributed by atoms with Crippen LogP contribution in [0.4, 0.5) is 0 Å². The highest BCUT2D eigenvalue weighted by atomic mass is 32.2. The van der Waals surface area contributed by atoms with Crippen molar-refractivity contribution in [3.8, 4) is 0 Å². The van der Waals surface area contributed by atoms with E-state index in [2.05, 4.69) is 18.7 Å². The molecule has 2 saturated carbocycles. The number of sulfone groups is 1. The normalized spacial score (nSPS) is 24.8. The Balaban J connectivity index is 1.41. The van der Waals surface area contributed by atoms with Gasteiger partial charge in [-0.05, 0) is 82.6 Å². The molecule has 4 rings (SSSR count). The molecule has 1 aliphatic heterocycles. The van der Waals surface area contributed by atoms with E-state index >= 15 is 0 Å². The number of rotatable bonds is 8. The summed E-state index contributed by atoms with van der Waals surface area (Å²) in [5.74, 6) is 0.577. The minimum absolute atomic E-state index is 0.0311. The topological polar surface area (TPSA) is 95.1 Å². The Kier molecular flexibility index (Phi) is 7.95. The number of amides is 1. The zero-order valence-electron chi connectivity index (χ0n) is 21.1. The summed E-state index contributed by atoms with van der Waals surface area (Å²) in [5.41, 5.74) is 0. The zero-order chi connectivity index (χ0) is 25.4. The lowest BCUT2D eigenvalue weighted by atomic mass is 9.85. The first-order valence-electron chi connectivity index (χ1n) is 12.8. The van der Waals surface area contributed by atoms with Crippen LogP contribution in [-0.2, 0) is 24.7 Å². The summed E-state index contributed by atoms with van der Waals surface area (Å²) >= 11 is 0. The SMILES string of the molecule is CC(C)N1CCN(C(=O)C2CCC(N(CC3CC3)S(=O)(=O)c3ccc(S(C)(=O)=O)cc3)CC2)CC1. The number of carbonyl (C=O) groups is 1. The van der Waals surface area contributed by atoms with Crippen LogP contribution in [0.2, 0.25) is 0 Å². The molecule has 1 amide bonds. The molecule has 0 radical (unpaired) electrons.